The number of fused-ring (bicyclic) bond motifs is 1. The van der Waals surface area contributed by atoms with Gasteiger partial charge in [0.25, 0.3) is 0 Å². The number of aliphatic hydroxyl groups excluding tert-OH is 1. The maximum Gasteiger partial charge on any atom is 0.227 e. The Kier molecular flexibility index (Phi) is 4.90. The van der Waals surface area contributed by atoms with Gasteiger partial charge < -0.3 is 15.7 Å². The molecule has 0 fully saturated rings. The summed E-state index contributed by atoms with van der Waals surface area (Å²) in [7, 11) is 1.85. The van der Waals surface area contributed by atoms with E-state index in [1.165, 1.54) is 5.56 Å². The van der Waals surface area contributed by atoms with E-state index in [1.54, 1.807) is 10.9 Å². The Hall–Kier alpha value is -2.67. The van der Waals surface area contributed by atoms with E-state index in [9.17, 15) is 5.11 Å². The van der Waals surface area contributed by atoms with Crippen molar-refractivity contribution in [1.82, 2.24) is 19.7 Å². The second-order valence-corrected chi connectivity index (χ2v) is 5.67. The van der Waals surface area contributed by atoms with Crippen LogP contribution in [0.2, 0.25) is 0 Å². The van der Waals surface area contributed by atoms with E-state index in [0.29, 0.717) is 12.5 Å². The number of hydrogen-bond acceptors (Lipinski definition) is 6. The predicted octanol–water partition coefficient (Wildman–Crippen LogP) is 2.16. The summed E-state index contributed by atoms with van der Waals surface area (Å²) in [5.74, 6) is 1.22. The van der Waals surface area contributed by atoms with Crippen LogP contribution in [0.1, 0.15) is 18.9 Å². The number of nitrogens with one attached hydrogen (secondary N) is 2. The van der Waals surface area contributed by atoms with Crippen LogP contribution in [0.5, 0.6) is 0 Å². The van der Waals surface area contributed by atoms with Crippen molar-refractivity contribution in [1.29, 1.82) is 0 Å². The highest BCUT2D eigenvalue weighted by Crippen LogP contribution is 2.22. The summed E-state index contributed by atoms with van der Waals surface area (Å²) in [5.41, 5.74) is 1.92. The van der Waals surface area contributed by atoms with Gasteiger partial charge in [-0.15, -0.1) is 0 Å². The summed E-state index contributed by atoms with van der Waals surface area (Å²) in [6.45, 7) is 2.71. The molecule has 126 valence electrons. The zero-order valence-electron chi connectivity index (χ0n) is 13.9. The van der Waals surface area contributed by atoms with Crippen LogP contribution >= 0.6 is 0 Å². The second-order valence-electron chi connectivity index (χ2n) is 5.67. The standard InChI is InChI=1S/C17H22N6O/c1-3-13(11-24)20-17-21-15(14-10-19-23(2)16(14)22-17)18-9-12-7-5-4-6-8-12/h4-8,10,13,24H,3,9,11H2,1-2H3,(H2,18,20,21,22)/t13-/m1/s1. The third-order valence-corrected chi connectivity index (χ3v) is 3.94. The van der Waals surface area contributed by atoms with E-state index in [4.69, 9.17) is 0 Å². The number of anilines is 2. The first kappa shape index (κ1) is 16.2. The number of benzene rings is 1. The molecule has 0 saturated carbocycles. The Balaban J connectivity index is 1.90. The Morgan fingerprint density at radius 3 is 2.71 bits per heavy atom. The van der Waals surface area contributed by atoms with E-state index in [1.807, 2.05) is 32.2 Å². The molecule has 0 amide bonds. The fraction of sp³-hybridized carbons (Fsp3) is 0.353. The highest BCUT2D eigenvalue weighted by molar-refractivity contribution is 5.87. The molecule has 2 heterocycles. The van der Waals surface area contributed by atoms with Gasteiger partial charge in [0.2, 0.25) is 5.95 Å². The molecule has 2 aromatic heterocycles. The summed E-state index contributed by atoms with van der Waals surface area (Å²) in [6.07, 6.45) is 2.55. The number of aromatic nitrogens is 4. The van der Waals surface area contributed by atoms with Gasteiger partial charge in [0, 0.05) is 13.6 Å². The lowest BCUT2D eigenvalue weighted by molar-refractivity contribution is 0.271. The fourth-order valence-corrected chi connectivity index (χ4v) is 2.46. The van der Waals surface area contributed by atoms with Crippen LogP contribution in [-0.4, -0.2) is 37.5 Å². The van der Waals surface area contributed by atoms with Crippen LogP contribution < -0.4 is 10.6 Å². The van der Waals surface area contributed by atoms with Crippen molar-refractivity contribution < 1.29 is 5.11 Å². The highest BCUT2D eigenvalue weighted by atomic mass is 16.3. The molecule has 0 aliphatic heterocycles. The van der Waals surface area contributed by atoms with E-state index < -0.39 is 0 Å². The normalized spacial score (nSPS) is 12.3. The zero-order valence-corrected chi connectivity index (χ0v) is 13.9. The number of aliphatic hydroxyl groups is 1. The third kappa shape index (κ3) is 3.46. The van der Waals surface area contributed by atoms with Gasteiger partial charge in [-0.05, 0) is 12.0 Å². The third-order valence-electron chi connectivity index (χ3n) is 3.94. The second kappa shape index (κ2) is 7.27. The average Bonchev–Trinajstić information content (AvgIpc) is 3.00. The van der Waals surface area contributed by atoms with Crippen LogP contribution in [0.3, 0.4) is 0 Å². The van der Waals surface area contributed by atoms with Crippen molar-refractivity contribution in [2.75, 3.05) is 17.2 Å². The minimum absolute atomic E-state index is 0.0378. The van der Waals surface area contributed by atoms with Crippen molar-refractivity contribution in [3.8, 4) is 0 Å². The fourth-order valence-electron chi connectivity index (χ4n) is 2.46. The lowest BCUT2D eigenvalue weighted by atomic mass is 10.2. The number of nitrogens with zero attached hydrogens (tertiary/aromatic N) is 4. The molecule has 3 N–H and O–H groups in total. The Bertz CT molecular complexity index is 797. The molecule has 0 bridgehead atoms. The smallest absolute Gasteiger partial charge is 0.227 e. The predicted molar refractivity (Wildman–Crippen MR) is 94.9 cm³/mol. The van der Waals surface area contributed by atoms with E-state index in [2.05, 4.69) is 37.8 Å². The maximum absolute atomic E-state index is 9.39. The molecule has 7 nitrogen and oxygen atoms in total. The molecule has 0 aliphatic rings. The molecule has 0 saturated heterocycles. The Morgan fingerprint density at radius 1 is 1.21 bits per heavy atom. The molecule has 3 rings (SSSR count). The van der Waals surface area contributed by atoms with Gasteiger partial charge in [-0.25, -0.2) is 0 Å². The van der Waals surface area contributed by atoms with Gasteiger partial charge in [0.15, 0.2) is 5.65 Å². The first-order valence-corrected chi connectivity index (χ1v) is 8.06. The van der Waals surface area contributed by atoms with Crippen molar-refractivity contribution in [2.45, 2.75) is 25.9 Å². The van der Waals surface area contributed by atoms with E-state index in [0.717, 1.165) is 23.3 Å². The summed E-state index contributed by atoms with van der Waals surface area (Å²) in [4.78, 5) is 9.08. The number of aryl methyl sites for hydroxylation is 1. The largest absolute Gasteiger partial charge is 0.394 e. The molecule has 1 aromatic carbocycles. The Labute approximate surface area is 140 Å². The SMILES string of the molecule is CC[C@H](CO)Nc1nc(NCc2ccccc2)c2cnn(C)c2n1. The monoisotopic (exact) mass is 326 g/mol. The summed E-state index contributed by atoms with van der Waals surface area (Å²) in [6, 6.07) is 10.1. The van der Waals surface area contributed by atoms with Gasteiger partial charge in [-0.2, -0.15) is 15.1 Å². The first-order valence-electron chi connectivity index (χ1n) is 8.06. The Morgan fingerprint density at radius 2 is 2.00 bits per heavy atom. The zero-order chi connectivity index (χ0) is 16.9. The summed E-state index contributed by atoms with van der Waals surface area (Å²) in [5, 5.41) is 21.1. The lowest BCUT2D eigenvalue weighted by Gasteiger charge is -2.15. The van der Waals surface area contributed by atoms with Crippen molar-refractivity contribution in [2.24, 2.45) is 7.05 Å². The van der Waals surface area contributed by atoms with Gasteiger partial charge in [-0.1, -0.05) is 37.3 Å². The quantitative estimate of drug-likeness (QED) is 0.617. The molecule has 24 heavy (non-hydrogen) atoms. The van der Waals surface area contributed by atoms with Crippen LogP contribution in [0, 0.1) is 0 Å². The average molecular weight is 326 g/mol. The van der Waals surface area contributed by atoms with E-state index in [-0.39, 0.29) is 12.6 Å². The summed E-state index contributed by atoms with van der Waals surface area (Å²) < 4.78 is 1.72. The highest BCUT2D eigenvalue weighted by Gasteiger charge is 2.13. The van der Waals surface area contributed by atoms with Crippen molar-refractivity contribution in [3.05, 3.63) is 42.1 Å². The van der Waals surface area contributed by atoms with Crippen LogP contribution in [-0.2, 0) is 13.6 Å². The molecule has 1 atom stereocenters. The molecule has 0 radical (unpaired) electrons. The molecular weight excluding hydrogens is 304 g/mol. The van der Waals surface area contributed by atoms with Crippen LogP contribution in [0.25, 0.3) is 11.0 Å². The van der Waals surface area contributed by atoms with Gasteiger partial charge in [0.1, 0.15) is 5.82 Å². The molecule has 7 heteroatoms. The summed E-state index contributed by atoms with van der Waals surface area (Å²) >= 11 is 0. The first-order chi connectivity index (χ1) is 11.7. The number of hydrogen-bond donors (Lipinski definition) is 3. The van der Waals surface area contributed by atoms with Gasteiger partial charge in [-0.3, -0.25) is 4.68 Å². The lowest BCUT2D eigenvalue weighted by Crippen LogP contribution is -2.24. The molecule has 0 unspecified atom stereocenters. The van der Waals surface area contributed by atoms with Gasteiger partial charge in [0.05, 0.1) is 24.2 Å². The maximum atomic E-state index is 9.39. The van der Waals surface area contributed by atoms with Crippen molar-refractivity contribution >= 4 is 22.8 Å². The van der Waals surface area contributed by atoms with Crippen molar-refractivity contribution in [3.63, 3.8) is 0 Å². The van der Waals surface area contributed by atoms with E-state index >= 15 is 0 Å². The van der Waals surface area contributed by atoms with Gasteiger partial charge >= 0.3 is 0 Å². The topological polar surface area (TPSA) is 87.9 Å². The minimum Gasteiger partial charge on any atom is -0.394 e. The molecule has 0 aliphatic carbocycles. The number of rotatable bonds is 7. The molecule has 0 spiro atoms. The minimum atomic E-state index is -0.0716. The van der Waals surface area contributed by atoms with Crippen LogP contribution in [0.4, 0.5) is 11.8 Å². The molecule has 3 aromatic rings. The molecular formula is C17H22N6O. The van der Waals surface area contributed by atoms with Crippen LogP contribution in [0.15, 0.2) is 36.5 Å².